The lowest BCUT2D eigenvalue weighted by Gasteiger charge is -2.52. The van der Waals surface area contributed by atoms with Crippen LogP contribution in [0.4, 0.5) is 10.5 Å². The first-order chi connectivity index (χ1) is 12.7. The highest BCUT2D eigenvalue weighted by Gasteiger charge is 2.44. The standard InChI is InChI=1S/C21H26N4O/c1-14-5-8-16(22-21(26)25-17-3-2-4-18(25)12-17)11-19(14)20-9-10-24(23-20)13-15-6-7-15/h5,8-11,15,17-18H,2-4,6-7,12-13H2,1H3,(H,22,26). The number of aryl methyl sites for hydroxylation is 1. The number of rotatable bonds is 4. The van der Waals surface area contributed by atoms with Crippen molar-refractivity contribution < 1.29 is 4.79 Å². The predicted octanol–water partition coefficient (Wildman–Crippen LogP) is 4.43. The van der Waals surface area contributed by atoms with Gasteiger partial charge in [-0.25, -0.2) is 4.79 Å². The smallest absolute Gasteiger partial charge is 0.318 e. The zero-order valence-corrected chi connectivity index (χ0v) is 15.3. The fourth-order valence-corrected chi connectivity index (χ4v) is 4.47. The summed E-state index contributed by atoms with van der Waals surface area (Å²) in [5, 5.41) is 7.86. The number of nitrogens with zero attached hydrogens (tertiary/aromatic N) is 3. The number of hydrogen-bond donors (Lipinski definition) is 1. The van der Waals surface area contributed by atoms with E-state index >= 15 is 0 Å². The van der Waals surface area contributed by atoms with E-state index in [1.165, 1.54) is 31.2 Å². The Labute approximate surface area is 154 Å². The number of carbonyl (C=O) groups is 1. The molecule has 3 fully saturated rings. The molecule has 1 aromatic carbocycles. The summed E-state index contributed by atoms with van der Waals surface area (Å²) in [4.78, 5) is 14.7. The molecule has 5 nitrogen and oxygen atoms in total. The SMILES string of the molecule is Cc1ccc(NC(=O)N2C3CCCC2C3)cc1-c1ccn(CC2CC2)n1. The molecule has 1 aliphatic carbocycles. The largest absolute Gasteiger partial charge is 0.322 e. The third-order valence-corrected chi connectivity index (χ3v) is 6.19. The lowest BCUT2D eigenvalue weighted by atomic mass is 9.80. The number of aromatic nitrogens is 2. The van der Waals surface area contributed by atoms with Crippen LogP contribution in [0.5, 0.6) is 0 Å². The first-order valence-corrected chi connectivity index (χ1v) is 9.91. The van der Waals surface area contributed by atoms with E-state index in [4.69, 9.17) is 5.10 Å². The Balaban J connectivity index is 1.33. The third-order valence-electron chi connectivity index (χ3n) is 6.19. The number of benzene rings is 1. The van der Waals surface area contributed by atoms with E-state index in [-0.39, 0.29) is 6.03 Å². The van der Waals surface area contributed by atoms with Gasteiger partial charge in [0, 0.05) is 36.1 Å². The molecular weight excluding hydrogens is 324 g/mol. The number of hydrogen-bond acceptors (Lipinski definition) is 2. The summed E-state index contributed by atoms with van der Waals surface area (Å²) in [7, 11) is 0. The zero-order chi connectivity index (χ0) is 17.7. The summed E-state index contributed by atoms with van der Waals surface area (Å²) < 4.78 is 2.05. The van der Waals surface area contributed by atoms with E-state index in [2.05, 4.69) is 41.3 Å². The first-order valence-electron chi connectivity index (χ1n) is 9.91. The minimum absolute atomic E-state index is 0.0556. The topological polar surface area (TPSA) is 50.2 Å². The van der Waals surface area contributed by atoms with Gasteiger partial charge < -0.3 is 10.2 Å². The number of urea groups is 1. The molecule has 5 rings (SSSR count). The van der Waals surface area contributed by atoms with E-state index in [1.54, 1.807) is 0 Å². The van der Waals surface area contributed by atoms with E-state index in [0.717, 1.165) is 42.2 Å². The highest BCUT2D eigenvalue weighted by Crippen LogP contribution is 2.38. The van der Waals surface area contributed by atoms with Crippen molar-refractivity contribution in [3.8, 4) is 11.3 Å². The minimum atomic E-state index is 0.0556. The fourth-order valence-electron chi connectivity index (χ4n) is 4.47. The van der Waals surface area contributed by atoms with Gasteiger partial charge in [-0.05, 0) is 75.1 Å². The molecule has 5 heteroatoms. The van der Waals surface area contributed by atoms with Gasteiger partial charge in [0.2, 0.25) is 0 Å². The van der Waals surface area contributed by atoms with Crippen molar-refractivity contribution in [1.29, 1.82) is 0 Å². The zero-order valence-electron chi connectivity index (χ0n) is 15.3. The van der Waals surface area contributed by atoms with E-state index < -0.39 is 0 Å². The second-order valence-corrected chi connectivity index (χ2v) is 8.21. The van der Waals surface area contributed by atoms with Crippen LogP contribution in [0.25, 0.3) is 11.3 Å². The Kier molecular flexibility index (Phi) is 3.76. The average Bonchev–Trinajstić information content (AvgIpc) is 3.32. The van der Waals surface area contributed by atoms with Gasteiger partial charge in [0.15, 0.2) is 0 Å². The molecule has 1 N–H and O–H groups in total. The lowest BCUT2D eigenvalue weighted by Crippen LogP contribution is -2.62. The van der Waals surface area contributed by atoms with Crippen LogP contribution in [0.1, 0.15) is 44.1 Å². The van der Waals surface area contributed by atoms with Crippen LogP contribution < -0.4 is 5.32 Å². The quantitative estimate of drug-likeness (QED) is 0.887. The average molecular weight is 350 g/mol. The maximum Gasteiger partial charge on any atom is 0.322 e. The second kappa shape index (κ2) is 6.15. The van der Waals surface area contributed by atoms with Crippen molar-refractivity contribution in [1.82, 2.24) is 14.7 Å². The van der Waals surface area contributed by atoms with Gasteiger partial charge in [0.05, 0.1) is 5.69 Å². The molecular formula is C21H26N4O. The molecule has 26 heavy (non-hydrogen) atoms. The number of anilines is 1. The monoisotopic (exact) mass is 350 g/mol. The first kappa shape index (κ1) is 15.9. The molecule has 2 atom stereocenters. The Hall–Kier alpha value is -2.30. The summed E-state index contributed by atoms with van der Waals surface area (Å²) in [5.74, 6) is 0.811. The summed E-state index contributed by atoms with van der Waals surface area (Å²) in [6.07, 6.45) is 9.48. The molecule has 2 bridgehead atoms. The molecule has 0 radical (unpaired) electrons. The lowest BCUT2D eigenvalue weighted by molar-refractivity contribution is 0.0173. The summed E-state index contributed by atoms with van der Waals surface area (Å²) >= 11 is 0. The second-order valence-electron chi connectivity index (χ2n) is 8.21. The molecule has 136 valence electrons. The van der Waals surface area contributed by atoms with Crippen LogP contribution in [-0.2, 0) is 6.54 Å². The maximum atomic E-state index is 12.7. The summed E-state index contributed by atoms with van der Waals surface area (Å²) in [5.41, 5.74) is 4.12. The van der Waals surface area contributed by atoms with Gasteiger partial charge in [0.25, 0.3) is 0 Å². The molecule has 2 unspecified atom stereocenters. The third kappa shape index (κ3) is 2.89. The van der Waals surface area contributed by atoms with Crippen molar-refractivity contribution in [3.63, 3.8) is 0 Å². The molecule has 1 aromatic heterocycles. The van der Waals surface area contributed by atoms with Crippen molar-refractivity contribution in [3.05, 3.63) is 36.0 Å². The maximum absolute atomic E-state index is 12.7. The fraction of sp³-hybridized carbons (Fsp3) is 0.524. The van der Waals surface area contributed by atoms with Crippen molar-refractivity contribution in [2.45, 2.75) is 64.1 Å². The van der Waals surface area contributed by atoms with Crippen molar-refractivity contribution in [2.75, 3.05) is 5.32 Å². The number of fused-ring (bicyclic) bond motifs is 2. The molecule has 2 saturated heterocycles. The highest BCUT2D eigenvalue weighted by molar-refractivity contribution is 5.91. The van der Waals surface area contributed by atoms with Gasteiger partial charge in [-0.1, -0.05) is 6.07 Å². The van der Waals surface area contributed by atoms with Gasteiger partial charge in [0.1, 0.15) is 0 Å². The molecule has 0 spiro atoms. The summed E-state index contributed by atoms with van der Waals surface area (Å²) in [6, 6.07) is 9.17. The number of carbonyl (C=O) groups excluding carboxylic acids is 1. The molecule has 1 saturated carbocycles. The van der Waals surface area contributed by atoms with Crippen LogP contribution >= 0.6 is 0 Å². The Morgan fingerprint density at radius 3 is 2.73 bits per heavy atom. The van der Waals surface area contributed by atoms with Crippen LogP contribution in [0.15, 0.2) is 30.5 Å². The van der Waals surface area contributed by atoms with Gasteiger partial charge in [-0.2, -0.15) is 5.10 Å². The van der Waals surface area contributed by atoms with Gasteiger partial charge >= 0.3 is 6.03 Å². The highest BCUT2D eigenvalue weighted by atomic mass is 16.2. The summed E-state index contributed by atoms with van der Waals surface area (Å²) in [6.45, 7) is 3.12. The molecule has 2 amide bonds. The Morgan fingerprint density at radius 2 is 2.00 bits per heavy atom. The molecule has 3 heterocycles. The van der Waals surface area contributed by atoms with E-state index in [1.807, 2.05) is 11.0 Å². The van der Waals surface area contributed by atoms with Crippen molar-refractivity contribution >= 4 is 11.7 Å². The van der Waals surface area contributed by atoms with E-state index in [0.29, 0.717) is 12.1 Å². The van der Waals surface area contributed by atoms with Crippen LogP contribution in [-0.4, -0.2) is 32.8 Å². The minimum Gasteiger partial charge on any atom is -0.318 e. The Bertz CT molecular complexity index is 824. The van der Waals surface area contributed by atoms with E-state index in [9.17, 15) is 4.79 Å². The van der Waals surface area contributed by atoms with Gasteiger partial charge in [-0.15, -0.1) is 0 Å². The molecule has 2 aliphatic heterocycles. The van der Waals surface area contributed by atoms with Crippen LogP contribution in [0.2, 0.25) is 0 Å². The predicted molar refractivity (Wildman–Crippen MR) is 102 cm³/mol. The van der Waals surface area contributed by atoms with Crippen LogP contribution in [0.3, 0.4) is 0 Å². The molecule has 3 aliphatic rings. The number of amides is 2. The van der Waals surface area contributed by atoms with Crippen LogP contribution in [0, 0.1) is 12.8 Å². The van der Waals surface area contributed by atoms with Gasteiger partial charge in [-0.3, -0.25) is 4.68 Å². The Morgan fingerprint density at radius 1 is 1.19 bits per heavy atom. The molecule has 2 aromatic rings. The number of nitrogens with one attached hydrogen (secondary N) is 1. The normalized spacial score (nSPS) is 24.3. The number of piperidine rings is 1. The van der Waals surface area contributed by atoms with Crippen molar-refractivity contribution in [2.24, 2.45) is 5.92 Å².